The topological polar surface area (TPSA) is 76.9 Å². The van der Waals surface area contributed by atoms with Crippen LogP contribution in [0.15, 0.2) is 42.9 Å². The van der Waals surface area contributed by atoms with E-state index < -0.39 is 5.95 Å². The van der Waals surface area contributed by atoms with Gasteiger partial charge in [-0.25, -0.2) is 24.9 Å². The van der Waals surface area contributed by atoms with E-state index >= 15 is 0 Å². The summed E-state index contributed by atoms with van der Waals surface area (Å²) in [5, 5.41) is 0.616. The van der Waals surface area contributed by atoms with E-state index in [0.29, 0.717) is 22.4 Å². The van der Waals surface area contributed by atoms with Crippen molar-refractivity contribution in [1.82, 2.24) is 24.9 Å². The summed E-state index contributed by atoms with van der Waals surface area (Å²) in [6.07, 6.45) is 9.53. The zero-order chi connectivity index (χ0) is 23.5. The number of nitrogens with zero attached hydrogens (tertiary/aromatic N) is 6. The molecule has 0 amide bonds. The van der Waals surface area contributed by atoms with Crippen molar-refractivity contribution in [2.45, 2.75) is 45.6 Å². The number of fused-ring (bicyclic) bond motifs is 1. The first-order chi connectivity index (χ1) is 16.6. The van der Waals surface area contributed by atoms with E-state index in [9.17, 15) is 4.39 Å². The largest absolute Gasteiger partial charge is 0.467 e. The van der Waals surface area contributed by atoms with Crippen LogP contribution in [0.2, 0.25) is 0 Å². The Labute approximate surface area is 202 Å². The third kappa shape index (κ3) is 4.99. The van der Waals surface area contributed by atoms with Crippen LogP contribution in [0.3, 0.4) is 0 Å². The molecule has 0 spiro atoms. The average molecular weight is 479 g/mol. The molecule has 0 saturated carbocycles. The maximum absolute atomic E-state index is 13.5. The summed E-state index contributed by atoms with van der Waals surface area (Å²) in [6, 6.07) is 6.87. The number of halogens is 1. The van der Waals surface area contributed by atoms with E-state index in [1.54, 1.807) is 6.07 Å². The minimum Gasteiger partial charge on any atom is -0.467 e. The van der Waals surface area contributed by atoms with E-state index in [1.807, 2.05) is 24.5 Å². The zero-order valence-electron chi connectivity index (χ0n) is 19.3. The van der Waals surface area contributed by atoms with Gasteiger partial charge in [0, 0.05) is 43.3 Å². The van der Waals surface area contributed by atoms with Crippen molar-refractivity contribution < 1.29 is 9.13 Å². The number of rotatable bonds is 7. The maximum atomic E-state index is 13.5. The fourth-order valence-electron chi connectivity index (χ4n) is 4.32. The molecule has 1 saturated heterocycles. The van der Waals surface area contributed by atoms with Gasteiger partial charge in [0.2, 0.25) is 11.9 Å². The van der Waals surface area contributed by atoms with Gasteiger partial charge in [-0.3, -0.25) is 0 Å². The van der Waals surface area contributed by atoms with Crippen LogP contribution in [0.4, 0.5) is 10.3 Å². The highest BCUT2D eigenvalue weighted by Crippen LogP contribution is 2.32. The molecule has 9 heteroatoms. The summed E-state index contributed by atoms with van der Waals surface area (Å²) in [4.78, 5) is 25.0. The van der Waals surface area contributed by atoms with E-state index in [0.717, 1.165) is 55.1 Å². The van der Waals surface area contributed by atoms with Gasteiger partial charge in [0.25, 0.3) is 5.19 Å². The molecule has 7 nitrogen and oxygen atoms in total. The number of pyridine rings is 2. The summed E-state index contributed by atoms with van der Waals surface area (Å²) in [5.41, 5.74) is 3.35. The van der Waals surface area contributed by atoms with Crippen LogP contribution >= 0.6 is 11.3 Å². The Kier molecular flexibility index (Phi) is 6.62. The van der Waals surface area contributed by atoms with Crippen LogP contribution in [0.25, 0.3) is 21.6 Å². The first-order valence-corrected chi connectivity index (χ1v) is 12.5. The second-order valence-electron chi connectivity index (χ2n) is 8.66. The van der Waals surface area contributed by atoms with Crippen molar-refractivity contribution in [2.75, 3.05) is 18.0 Å². The SMILES string of the molecule is CCCc1cnc(N2CCC([C@H](C)Oc3nc4ccc(-c5ccnc(F)c5)nc4s3)CC2)nc1. The van der Waals surface area contributed by atoms with Crippen LogP contribution in [0, 0.1) is 11.9 Å². The number of ether oxygens (including phenoxy) is 1. The van der Waals surface area contributed by atoms with Gasteiger partial charge >= 0.3 is 0 Å². The smallest absolute Gasteiger partial charge is 0.276 e. The predicted molar refractivity (Wildman–Crippen MR) is 132 cm³/mol. The van der Waals surface area contributed by atoms with E-state index in [1.165, 1.54) is 29.2 Å². The molecule has 176 valence electrons. The minimum absolute atomic E-state index is 0.0457. The summed E-state index contributed by atoms with van der Waals surface area (Å²) >= 11 is 1.42. The Morgan fingerprint density at radius 3 is 2.65 bits per heavy atom. The Morgan fingerprint density at radius 1 is 1.12 bits per heavy atom. The zero-order valence-corrected chi connectivity index (χ0v) is 20.1. The minimum atomic E-state index is -0.521. The van der Waals surface area contributed by atoms with Gasteiger partial charge in [0.1, 0.15) is 16.5 Å². The third-order valence-corrected chi connectivity index (χ3v) is 7.12. The molecule has 0 bridgehead atoms. The number of piperidine rings is 1. The number of aryl methyl sites for hydroxylation is 1. The number of hydrogen-bond donors (Lipinski definition) is 0. The van der Waals surface area contributed by atoms with Crippen LogP contribution in [-0.2, 0) is 6.42 Å². The van der Waals surface area contributed by atoms with E-state index in [-0.39, 0.29) is 6.10 Å². The summed E-state index contributed by atoms with van der Waals surface area (Å²) in [6.45, 7) is 6.10. The Morgan fingerprint density at radius 2 is 1.91 bits per heavy atom. The van der Waals surface area contributed by atoms with Gasteiger partial charge < -0.3 is 9.64 Å². The molecule has 5 rings (SSSR count). The van der Waals surface area contributed by atoms with Gasteiger partial charge in [-0.1, -0.05) is 24.7 Å². The molecule has 1 aliphatic rings. The molecule has 5 heterocycles. The highest BCUT2D eigenvalue weighted by molar-refractivity contribution is 7.19. The summed E-state index contributed by atoms with van der Waals surface area (Å²) in [7, 11) is 0. The van der Waals surface area contributed by atoms with Crippen molar-refractivity contribution in [3.8, 4) is 16.5 Å². The Bertz CT molecular complexity index is 1260. The number of hydrogen-bond acceptors (Lipinski definition) is 8. The van der Waals surface area contributed by atoms with Crippen molar-refractivity contribution in [2.24, 2.45) is 5.92 Å². The van der Waals surface area contributed by atoms with Crippen molar-refractivity contribution >= 4 is 27.6 Å². The van der Waals surface area contributed by atoms with Crippen LogP contribution in [0.5, 0.6) is 5.19 Å². The number of thiazole rings is 1. The number of anilines is 1. The lowest BCUT2D eigenvalue weighted by Crippen LogP contribution is -2.39. The van der Waals surface area contributed by atoms with Gasteiger partial charge in [0.15, 0.2) is 0 Å². The maximum Gasteiger partial charge on any atom is 0.276 e. The summed E-state index contributed by atoms with van der Waals surface area (Å²) in [5.74, 6) is 0.729. The Hall–Kier alpha value is -3.20. The van der Waals surface area contributed by atoms with Crippen LogP contribution in [-0.4, -0.2) is 44.1 Å². The van der Waals surface area contributed by atoms with Gasteiger partial charge in [-0.05, 0) is 55.9 Å². The fourth-order valence-corrected chi connectivity index (χ4v) is 5.19. The second-order valence-corrected chi connectivity index (χ2v) is 9.60. The predicted octanol–water partition coefficient (Wildman–Crippen LogP) is 5.32. The Balaban J connectivity index is 1.20. The average Bonchev–Trinajstić information content (AvgIpc) is 3.26. The first kappa shape index (κ1) is 22.6. The molecule has 1 aliphatic heterocycles. The molecule has 0 aromatic carbocycles. The monoisotopic (exact) mass is 478 g/mol. The molecule has 0 aliphatic carbocycles. The quantitative estimate of drug-likeness (QED) is 0.333. The first-order valence-electron chi connectivity index (χ1n) is 11.7. The van der Waals surface area contributed by atoms with Gasteiger partial charge in [-0.15, -0.1) is 0 Å². The van der Waals surface area contributed by atoms with Crippen molar-refractivity contribution in [3.05, 3.63) is 54.4 Å². The van der Waals surface area contributed by atoms with Crippen LogP contribution in [0.1, 0.15) is 38.7 Å². The normalized spacial score (nSPS) is 15.6. The van der Waals surface area contributed by atoms with Crippen LogP contribution < -0.4 is 9.64 Å². The molecule has 4 aromatic heterocycles. The molecule has 34 heavy (non-hydrogen) atoms. The third-order valence-electron chi connectivity index (χ3n) is 6.26. The lowest BCUT2D eigenvalue weighted by molar-refractivity contribution is 0.132. The fraction of sp³-hybridized carbons (Fsp3) is 0.400. The van der Waals surface area contributed by atoms with Gasteiger partial charge in [0.05, 0.1) is 5.69 Å². The van der Waals surface area contributed by atoms with E-state index in [4.69, 9.17) is 4.74 Å². The highest BCUT2D eigenvalue weighted by Gasteiger charge is 2.27. The molecule has 1 fully saturated rings. The number of aromatic nitrogens is 5. The molecule has 1 atom stereocenters. The van der Waals surface area contributed by atoms with E-state index in [2.05, 4.69) is 43.7 Å². The second kappa shape index (κ2) is 9.97. The lowest BCUT2D eigenvalue weighted by atomic mass is 9.92. The molecule has 0 unspecified atom stereocenters. The molecular formula is C25H27FN6OS. The molecule has 4 aromatic rings. The summed E-state index contributed by atoms with van der Waals surface area (Å²) < 4.78 is 19.7. The van der Waals surface area contributed by atoms with Crippen molar-refractivity contribution in [1.29, 1.82) is 0 Å². The van der Waals surface area contributed by atoms with Gasteiger partial charge in [-0.2, -0.15) is 4.39 Å². The molecular weight excluding hydrogens is 451 g/mol. The highest BCUT2D eigenvalue weighted by atomic mass is 32.1. The molecule has 0 N–H and O–H groups in total. The lowest BCUT2D eigenvalue weighted by Gasteiger charge is -2.34. The standard InChI is InChI=1S/C25H27FN6OS/c1-3-4-17-14-28-24(29-15-17)32-11-8-18(9-12-32)16(2)33-25-31-21-6-5-20(30-23(21)34-25)19-7-10-27-22(26)13-19/h5-7,10,13-16,18H,3-4,8-9,11-12H2,1-2H3/t16-/m0/s1. The molecule has 0 radical (unpaired) electrons. The van der Waals surface area contributed by atoms with Crippen molar-refractivity contribution in [3.63, 3.8) is 0 Å².